The first kappa shape index (κ1) is 12.7. The van der Waals surface area contributed by atoms with Crippen molar-refractivity contribution >= 4 is 5.91 Å². The minimum atomic E-state index is -0.514. The number of hydrogen-bond acceptors (Lipinski definition) is 3. The largest absolute Gasteiger partial charge is 0.344 e. The fourth-order valence-corrected chi connectivity index (χ4v) is 1.09. The van der Waals surface area contributed by atoms with Gasteiger partial charge in [0, 0.05) is 5.56 Å². The van der Waals surface area contributed by atoms with Crippen LogP contribution in [-0.4, -0.2) is 19.0 Å². The van der Waals surface area contributed by atoms with Gasteiger partial charge in [-0.25, -0.2) is 4.39 Å². The van der Waals surface area contributed by atoms with Crippen LogP contribution >= 0.6 is 0 Å². The molecule has 1 aromatic rings. The zero-order valence-corrected chi connectivity index (χ0v) is 8.96. The number of benzene rings is 1. The van der Waals surface area contributed by atoms with Gasteiger partial charge in [-0.15, -0.1) is 0 Å². The van der Waals surface area contributed by atoms with E-state index in [1.54, 1.807) is 0 Å². The van der Waals surface area contributed by atoms with Crippen LogP contribution in [0.1, 0.15) is 11.1 Å². The van der Waals surface area contributed by atoms with Crippen LogP contribution in [0.2, 0.25) is 0 Å². The average molecular weight is 231 g/mol. The summed E-state index contributed by atoms with van der Waals surface area (Å²) in [6, 6.07) is 5.65. The molecule has 1 amide bonds. The van der Waals surface area contributed by atoms with Gasteiger partial charge >= 0.3 is 0 Å². The number of rotatable bonds is 2. The Morgan fingerprint density at radius 1 is 1.41 bits per heavy atom. The number of carbonyl (C=O) groups excluding carboxylic acids is 1. The second kappa shape index (κ2) is 6.26. The Morgan fingerprint density at radius 3 is 2.76 bits per heavy atom. The average Bonchev–Trinajstić information content (AvgIpc) is 2.33. The van der Waals surface area contributed by atoms with Gasteiger partial charge in [-0.05, 0) is 18.2 Å². The maximum absolute atomic E-state index is 13.0. The van der Waals surface area contributed by atoms with Gasteiger partial charge in [-0.1, -0.05) is 11.8 Å². The van der Waals surface area contributed by atoms with E-state index in [0.29, 0.717) is 5.56 Å². The van der Waals surface area contributed by atoms with E-state index in [1.165, 1.54) is 12.1 Å². The highest BCUT2D eigenvalue weighted by atomic mass is 19.1. The summed E-state index contributed by atoms with van der Waals surface area (Å²) >= 11 is 0. The number of carbonyl (C=O) groups is 1. The molecule has 0 bridgehead atoms. The molecule has 17 heavy (non-hydrogen) atoms. The van der Waals surface area contributed by atoms with E-state index < -0.39 is 5.82 Å². The van der Waals surface area contributed by atoms with Crippen LogP contribution in [0.4, 0.5) is 4.39 Å². The van der Waals surface area contributed by atoms with Crippen molar-refractivity contribution in [1.82, 2.24) is 5.32 Å². The van der Waals surface area contributed by atoms with Gasteiger partial charge in [-0.3, -0.25) is 4.79 Å². The molecule has 0 radical (unpaired) electrons. The minimum absolute atomic E-state index is 0.0970. The fourth-order valence-electron chi connectivity index (χ4n) is 1.09. The molecule has 0 saturated heterocycles. The summed E-state index contributed by atoms with van der Waals surface area (Å²) < 4.78 is 13.0. The maximum atomic E-state index is 13.0. The number of amides is 1. The van der Waals surface area contributed by atoms with Crippen LogP contribution in [0, 0.1) is 29.0 Å². The third kappa shape index (κ3) is 4.33. The molecule has 0 heterocycles. The Morgan fingerprint density at radius 2 is 2.12 bits per heavy atom. The first-order valence-electron chi connectivity index (χ1n) is 4.82. The lowest BCUT2D eigenvalue weighted by Crippen LogP contribution is -2.30. The zero-order valence-electron chi connectivity index (χ0n) is 8.96. The number of hydrogen-bond donors (Lipinski definition) is 2. The van der Waals surface area contributed by atoms with Crippen LogP contribution in [0.15, 0.2) is 18.2 Å². The van der Waals surface area contributed by atoms with Gasteiger partial charge in [0.15, 0.2) is 0 Å². The fraction of sp³-hybridized carbons (Fsp3) is 0.167. The predicted molar refractivity (Wildman–Crippen MR) is 60.1 cm³/mol. The first-order chi connectivity index (χ1) is 8.15. The predicted octanol–water partition coefficient (Wildman–Crippen LogP) is 0.124. The second-order valence-electron chi connectivity index (χ2n) is 3.12. The molecule has 0 unspecified atom stereocenters. The smallest absolute Gasteiger partial charge is 0.234 e. The van der Waals surface area contributed by atoms with E-state index in [0.717, 1.165) is 6.07 Å². The normalized spacial score (nSPS) is 8.76. The number of nitrogens with two attached hydrogens (primary N) is 1. The van der Waals surface area contributed by atoms with Gasteiger partial charge in [0.05, 0.1) is 24.7 Å². The van der Waals surface area contributed by atoms with Crippen molar-refractivity contribution in [3.8, 4) is 17.9 Å². The van der Waals surface area contributed by atoms with E-state index in [-0.39, 0.29) is 24.6 Å². The molecule has 86 valence electrons. The number of nitriles is 1. The standard InChI is InChI=1S/C12H10FN3O/c13-11-5-9(4-10(6-11)7-14)2-1-3-16-12(17)8-15/h4-6H,3,8,15H2,(H,16,17). The van der Waals surface area contributed by atoms with E-state index >= 15 is 0 Å². The SMILES string of the molecule is N#Cc1cc(F)cc(C#CCNC(=O)CN)c1. The lowest BCUT2D eigenvalue weighted by molar-refractivity contribution is -0.119. The summed E-state index contributed by atoms with van der Waals surface area (Å²) in [5, 5.41) is 11.1. The Kier molecular flexibility index (Phi) is 4.68. The summed E-state index contributed by atoms with van der Waals surface area (Å²) in [4.78, 5) is 10.8. The summed E-state index contributed by atoms with van der Waals surface area (Å²) in [6.45, 7) is 0.0364. The highest BCUT2D eigenvalue weighted by Crippen LogP contribution is 2.06. The third-order valence-corrected chi connectivity index (χ3v) is 1.82. The molecule has 0 aliphatic heterocycles. The minimum Gasteiger partial charge on any atom is -0.344 e. The molecular formula is C12H10FN3O. The molecule has 0 aromatic heterocycles. The van der Waals surface area contributed by atoms with Crippen molar-refractivity contribution in [3.63, 3.8) is 0 Å². The second-order valence-corrected chi connectivity index (χ2v) is 3.12. The van der Waals surface area contributed by atoms with Crippen molar-refractivity contribution in [2.45, 2.75) is 0 Å². The molecule has 5 heteroatoms. The van der Waals surface area contributed by atoms with Crippen LogP contribution in [0.3, 0.4) is 0 Å². The Bertz CT molecular complexity index is 523. The summed E-state index contributed by atoms with van der Waals surface area (Å²) in [6.07, 6.45) is 0. The number of halogens is 1. The molecule has 4 nitrogen and oxygen atoms in total. The van der Waals surface area contributed by atoms with Crippen molar-refractivity contribution in [2.75, 3.05) is 13.1 Å². The number of nitrogens with one attached hydrogen (secondary N) is 1. The van der Waals surface area contributed by atoms with Gasteiger partial charge in [0.25, 0.3) is 0 Å². The first-order valence-corrected chi connectivity index (χ1v) is 4.82. The lowest BCUT2D eigenvalue weighted by atomic mass is 10.1. The van der Waals surface area contributed by atoms with E-state index in [4.69, 9.17) is 11.0 Å². The highest BCUT2D eigenvalue weighted by molar-refractivity contribution is 5.77. The summed E-state index contributed by atoms with van der Waals surface area (Å²) in [5.41, 5.74) is 5.68. The van der Waals surface area contributed by atoms with Crippen LogP contribution in [-0.2, 0) is 4.79 Å². The van der Waals surface area contributed by atoms with Crippen molar-refractivity contribution in [3.05, 3.63) is 35.1 Å². The highest BCUT2D eigenvalue weighted by Gasteiger charge is 1.97. The summed E-state index contributed by atoms with van der Waals surface area (Å²) in [7, 11) is 0. The zero-order chi connectivity index (χ0) is 12.7. The van der Waals surface area contributed by atoms with Crippen LogP contribution < -0.4 is 11.1 Å². The quantitative estimate of drug-likeness (QED) is 0.710. The van der Waals surface area contributed by atoms with Crippen LogP contribution in [0.5, 0.6) is 0 Å². The Labute approximate surface area is 98.2 Å². The van der Waals surface area contributed by atoms with Gasteiger partial charge in [0.1, 0.15) is 5.82 Å². The maximum Gasteiger partial charge on any atom is 0.234 e. The Hall–Kier alpha value is -2.37. The van der Waals surface area contributed by atoms with E-state index in [1.807, 2.05) is 6.07 Å². The Balaban J connectivity index is 2.69. The van der Waals surface area contributed by atoms with Crippen molar-refractivity contribution in [2.24, 2.45) is 5.73 Å². The lowest BCUT2D eigenvalue weighted by Gasteiger charge is -1.96. The molecule has 3 N–H and O–H groups in total. The molecular weight excluding hydrogens is 221 g/mol. The molecule has 1 aromatic carbocycles. The van der Waals surface area contributed by atoms with Crippen LogP contribution in [0.25, 0.3) is 0 Å². The van der Waals surface area contributed by atoms with Gasteiger partial charge in [0.2, 0.25) is 5.91 Å². The molecule has 0 atom stereocenters. The van der Waals surface area contributed by atoms with Gasteiger partial charge < -0.3 is 11.1 Å². The molecule has 0 fully saturated rings. The third-order valence-electron chi connectivity index (χ3n) is 1.82. The van der Waals surface area contributed by atoms with Crippen molar-refractivity contribution < 1.29 is 9.18 Å². The molecule has 1 rings (SSSR count). The van der Waals surface area contributed by atoms with Crippen molar-refractivity contribution in [1.29, 1.82) is 5.26 Å². The number of nitrogens with zero attached hydrogens (tertiary/aromatic N) is 1. The summed E-state index contributed by atoms with van der Waals surface area (Å²) in [5.74, 6) is 4.45. The monoisotopic (exact) mass is 231 g/mol. The van der Waals surface area contributed by atoms with Gasteiger partial charge in [-0.2, -0.15) is 5.26 Å². The van der Waals surface area contributed by atoms with E-state index in [9.17, 15) is 9.18 Å². The molecule has 0 spiro atoms. The molecule has 0 saturated carbocycles. The topological polar surface area (TPSA) is 78.9 Å². The molecule has 0 aliphatic rings. The van der Waals surface area contributed by atoms with E-state index in [2.05, 4.69) is 17.2 Å². The molecule has 0 aliphatic carbocycles.